The second-order valence-corrected chi connectivity index (χ2v) is 4.07. The first-order chi connectivity index (χ1) is 9.20. The zero-order valence-corrected chi connectivity index (χ0v) is 11.0. The Balaban J connectivity index is 1.91. The average Bonchev–Trinajstić information content (AvgIpc) is 2.81. The number of methoxy groups -OCH3 is 1. The van der Waals surface area contributed by atoms with Crippen molar-refractivity contribution in [2.24, 2.45) is 0 Å². The van der Waals surface area contributed by atoms with Crippen LogP contribution < -0.4 is 10.6 Å². The molecule has 0 aliphatic heterocycles. The number of nitrogens with zero attached hydrogens (tertiary/aromatic N) is 3. The number of rotatable bonds is 6. The van der Waals surface area contributed by atoms with Gasteiger partial charge in [-0.1, -0.05) is 6.07 Å². The number of fused-ring (bicyclic) bond motifs is 1. The van der Waals surface area contributed by atoms with Gasteiger partial charge in [0.1, 0.15) is 0 Å². The van der Waals surface area contributed by atoms with Crippen LogP contribution in [0.3, 0.4) is 0 Å². The van der Waals surface area contributed by atoms with Gasteiger partial charge in [-0.15, -0.1) is 5.10 Å². The number of nitrogens with one attached hydrogen (secondary N) is 2. The lowest BCUT2D eigenvalue weighted by molar-refractivity contribution is -0.119. The van der Waals surface area contributed by atoms with Crippen LogP contribution in [0.25, 0.3) is 5.65 Å². The van der Waals surface area contributed by atoms with E-state index in [1.807, 2.05) is 25.1 Å². The lowest BCUT2D eigenvalue weighted by atomic mass is 10.4. The molecule has 0 bridgehead atoms. The van der Waals surface area contributed by atoms with Gasteiger partial charge in [0.05, 0.1) is 13.2 Å². The van der Waals surface area contributed by atoms with Crippen molar-refractivity contribution in [3.05, 3.63) is 23.9 Å². The van der Waals surface area contributed by atoms with Crippen molar-refractivity contribution in [2.45, 2.75) is 6.92 Å². The van der Waals surface area contributed by atoms with Crippen molar-refractivity contribution in [3.63, 3.8) is 0 Å². The second kappa shape index (κ2) is 6.14. The molecule has 7 nitrogen and oxygen atoms in total. The zero-order valence-electron chi connectivity index (χ0n) is 11.0. The molecule has 102 valence electrons. The summed E-state index contributed by atoms with van der Waals surface area (Å²) in [5, 5.41) is 9.87. The largest absolute Gasteiger partial charge is 0.383 e. The molecule has 2 rings (SSSR count). The first-order valence-corrected chi connectivity index (χ1v) is 6.02. The van der Waals surface area contributed by atoms with Gasteiger partial charge in [0.2, 0.25) is 11.9 Å². The molecular formula is C12H17N5O2. The van der Waals surface area contributed by atoms with E-state index in [9.17, 15) is 4.79 Å². The van der Waals surface area contributed by atoms with Gasteiger partial charge in [0.15, 0.2) is 5.65 Å². The standard InChI is InChI=1S/C12H17N5O2/c1-9-4-3-5-10-15-12(16-17(9)10)14-8-11(18)13-6-7-19-2/h3-5H,6-8H2,1-2H3,(H,13,18)(H,14,16). The molecule has 0 aliphatic carbocycles. The smallest absolute Gasteiger partial charge is 0.243 e. The molecule has 0 spiro atoms. The van der Waals surface area contributed by atoms with Crippen LogP contribution in [-0.2, 0) is 9.53 Å². The number of amides is 1. The third-order valence-electron chi connectivity index (χ3n) is 2.58. The Morgan fingerprint density at radius 1 is 1.47 bits per heavy atom. The maximum Gasteiger partial charge on any atom is 0.243 e. The van der Waals surface area contributed by atoms with Gasteiger partial charge < -0.3 is 15.4 Å². The molecule has 0 aliphatic rings. The van der Waals surface area contributed by atoms with Gasteiger partial charge in [-0.3, -0.25) is 4.79 Å². The SMILES string of the molecule is COCCNC(=O)CNc1nc2cccc(C)n2n1. The molecule has 1 amide bonds. The number of carbonyl (C=O) groups is 1. The molecule has 0 saturated heterocycles. The minimum absolute atomic E-state index is 0.118. The Morgan fingerprint density at radius 3 is 3.05 bits per heavy atom. The highest BCUT2D eigenvalue weighted by Gasteiger charge is 2.06. The summed E-state index contributed by atoms with van der Waals surface area (Å²) in [5.41, 5.74) is 1.74. The first kappa shape index (κ1) is 13.3. The fourth-order valence-corrected chi connectivity index (χ4v) is 1.62. The Labute approximate surface area is 111 Å². The number of aromatic nitrogens is 3. The van der Waals surface area contributed by atoms with E-state index in [1.54, 1.807) is 11.6 Å². The summed E-state index contributed by atoms with van der Waals surface area (Å²) < 4.78 is 6.57. The number of anilines is 1. The number of carbonyl (C=O) groups excluding carboxylic acids is 1. The summed E-state index contributed by atoms with van der Waals surface area (Å²) in [6, 6.07) is 5.73. The lowest BCUT2D eigenvalue weighted by Gasteiger charge is -2.04. The molecule has 19 heavy (non-hydrogen) atoms. The summed E-state index contributed by atoms with van der Waals surface area (Å²) in [7, 11) is 1.59. The summed E-state index contributed by atoms with van der Waals surface area (Å²) in [6.07, 6.45) is 0. The second-order valence-electron chi connectivity index (χ2n) is 4.07. The number of ether oxygens (including phenoxy) is 1. The maximum atomic E-state index is 11.5. The van der Waals surface area contributed by atoms with Crippen LogP contribution in [-0.4, -0.2) is 47.3 Å². The van der Waals surface area contributed by atoms with Crippen LogP contribution in [0.4, 0.5) is 5.95 Å². The molecule has 7 heteroatoms. The highest BCUT2D eigenvalue weighted by atomic mass is 16.5. The van der Waals surface area contributed by atoms with E-state index >= 15 is 0 Å². The van der Waals surface area contributed by atoms with Gasteiger partial charge >= 0.3 is 0 Å². The molecule has 0 aromatic carbocycles. The van der Waals surface area contributed by atoms with Crippen molar-refractivity contribution < 1.29 is 9.53 Å². The van der Waals surface area contributed by atoms with Crippen molar-refractivity contribution in [1.82, 2.24) is 19.9 Å². The minimum atomic E-state index is -0.118. The van der Waals surface area contributed by atoms with Crippen LogP contribution in [0, 0.1) is 6.92 Å². The van der Waals surface area contributed by atoms with Crippen LogP contribution in [0.1, 0.15) is 5.69 Å². The Morgan fingerprint density at radius 2 is 2.32 bits per heavy atom. The van der Waals surface area contributed by atoms with E-state index in [4.69, 9.17) is 4.74 Å². The predicted molar refractivity (Wildman–Crippen MR) is 71.1 cm³/mol. The van der Waals surface area contributed by atoms with Crippen molar-refractivity contribution >= 4 is 17.5 Å². The van der Waals surface area contributed by atoms with E-state index in [-0.39, 0.29) is 12.5 Å². The van der Waals surface area contributed by atoms with Gasteiger partial charge in [-0.25, -0.2) is 4.52 Å². The fourth-order valence-electron chi connectivity index (χ4n) is 1.62. The fraction of sp³-hybridized carbons (Fsp3) is 0.417. The van der Waals surface area contributed by atoms with Gasteiger partial charge in [-0.2, -0.15) is 4.98 Å². The van der Waals surface area contributed by atoms with Gasteiger partial charge in [0, 0.05) is 19.3 Å². The minimum Gasteiger partial charge on any atom is -0.383 e. The highest BCUT2D eigenvalue weighted by Crippen LogP contribution is 2.07. The number of hydrogen-bond donors (Lipinski definition) is 2. The highest BCUT2D eigenvalue weighted by molar-refractivity contribution is 5.80. The van der Waals surface area contributed by atoms with E-state index in [2.05, 4.69) is 20.7 Å². The van der Waals surface area contributed by atoms with E-state index in [1.165, 1.54) is 0 Å². The predicted octanol–water partition coefficient (Wildman–Crippen LogP) is 0.212. The van der Waals surface area contributed by atoms with Crippen LogP contribution in [0.15, 0.2) is 18.2 Å². The van der Waals surface area contributed by atoms with E-state index < -0.39 is 0 Å². The number of hydrogen-bond acceptors (Lipinski definition) is 5. The van der Waals surface area contributed by atoms with E-state index in [0.717, 1.165) is 11.3 Å². The molecule has 0 saturated carbocycles. The lowest BCUT2D eigenvalue weighted by Crippen LogP contribution is -2.32. The molecule has 0 radical (unpaired) electrons. The maximum absolute atomic E-state index is 11.5. The molecule has 2 heterocycles. The summed E-state index contributed by atoms with van der Waals surface area (Å²) in [5.74, 6) is 0.323. The number of aryl methyl sites for hydroxylation is 1. The molecule has 0 unspecified atom stereocenters. The summed E-state index contributed by atoms with van der Waals surface area (Å²) >= 11 is 0. The molecule has 2 aromatic rings. The first-order valence-electron chi connectivity index (χ1n) is 6.02. The van der Waals surface area contributed by atoms with Crippen LogP contribution in [0.5, 0.6) is 0 Å². The molecular weight excluding hydrogens is 246 g/mol. The topological polar surface area (TPSA) is 80.5 Å². The quantitative estimate of drug-likeness (QED) is 0.728. The normalized spacial score (nSPS) is 10.6. The molecule has 2 aromatic heterocycles. The van der Waals surface area contributed by atoms with Gasteiger partial charge in [0.25, 0.3) is 0 Å². The Bertz CT molecular complexity index is 566. The van der Waals surface area contributed by atoms with Gasteiger partial charge in [-0.05, 0) is 19.1 Å². The molecule has 0 atom stereocenters. The van der Waals surface area contributed by atoms with E-state index in [0.29, 0.717) is 19.1 Å². The third kappa shape index (κ3) is 3.41. The van der Waals surface area contributed by atoms with Crippen molar-refractivity contribution in [3.8, 4) is 0 Å². The number of pyridine rings is 1. The molecule has 0 fully saturated rings. The summed E-state index contributed by atoms with van der Waals surface area (Å²) in [6.45, 7) is 3.08. The average molecular weight is 263 g/mol. The van der Waals surface area contributed by atoms with Crippen molar-refractivity contribution in [2.75, 3.05) is 32.1 Å². The van der Waals surface area contributed by atoms with Crippen LogP contribution >= 0.6 is 0 Å². The monoisotopic (exact) mass is 263 g/mol. The Hall–Kier alpha value is -2.15. The Kier molecular flexibility index (Phi) is 4.30. The summed E-state index contributed by atoms with van der Waals surface area (Å²) in [4.78, 5) is 15.8. The van der Waals surface area contributed by atoms with Crippen LogP contribution in [0.2, 0.25) is 0 Å². The third-order valence-corrected chi connectivity index (χ3v) is 2.58. The molecule has 2 N–H and O–H groups in total. The zero-order chi connectivity index (χ0) is 13.7. The van der Waals surface area contributed by atoms with Crippen molar-refractivity contribution in [1.29, 1.82) is 0 Å².